The molecule has 6 aromatic carbocycles. The summed E-state index contributed by atoms with van der Waals surface area (Å²) in [5.41, 5.74) is -2.34. The summed E-state index contributed by atoms with van der Waals surface area (Å²) in [7, 11) is 7.10. The van der Waals surface area contributed by atoms with Gasteiger partial charge in [0, 0.05) is 0 Å². The Morgan fingerprint density at radius 2 is 0.436 bits per heavy atom. The van der Waals surface area contributed by atoms with Crippen molar-refractivity contribution in [3.8, 4) is 69.0 Å². The predicted octanol–water partition coefficient (Wildman–Crippen LogP) is 5.64. The lowest BCUT2D eigenvalue weighted by Crippen LogP contribution is -2.69. The summed E-state index contributed by atoms with van der Waals surface area (Å²) in [6.07, 6.45) is -14.3. The Morgan fingerprint density at radius 1 is 0.256 bits per heavy atom. The van der Waals surface area contributed by atoms with Crippen LogP contribution in [-0.2, 0) is 28.4 Å². The van der Waals surface area contributed by atoms with Gasteiger partial charge in [0.05, 0.1) is 76.0 Å². The summed E-state index contributed by atoms with van der Waals surface area (Å²) in [5, 5.41) is 63.0. The molecule has 0 aliphatic heterocycles. The van der Waals surface area contributed by atoms with Crippen molar-refractivity contribution in [2.75, 3.05) is 42.7 Å². The minimum absolute atomic E-state index is 0.0944. The van der Waals surface area contributed by atoms with E-state index in [1.807, 2.05) is 0 Å². The van der Waals surface area contributed by atoms with E-state index >= 15 is 0 Å². The maximum absolute atomic E-state index is 14.6. The first-order valence-corrected chi connectivity index (χ1v) is 22.8. The Hall–Kier alpha value is -10.3. The monoisotopic (exact) mass is 1080 g/mol. The zero-order chi connectivity index (χ0) is 56.5. The van der Waals surface area contributed by atoms with Gasteiger partial charge in [-0.2, -0.15) is 0 Å². The number of benzene rings is 6. The summed E-state index contributed by atoms with van der Waals surface area (Å²) < 4.78 is 67.8. The van der Waals surface area contributed by atoms with E-state index in [2.05, 4.69) is 0 Å². The molecule has 24 heteroatoms. The molecule has 408 valence electrons. The Kier molecular flexibility index (Phi) is 17.0. The number of phenols is 6. The van der Waals surface area contributed by atoms with Crippen molar-refractivity contribution >= 4 is 35.8 Å². The fraction of sp³-hybridized carbons (Fsp3) is 0.222. The van der Waals surface area contributed by atoms with Crippen LogP contribution < -0.4 is 28.4 Å². The van der Waals surface area contributed by atoms with Gasteiger partial charge in [-0.05, 0) is 109 Å². The van der Waals surface area contributed by atoms with E-state index in [1.165, 1.54) is 48.7 Å². The standard InChI is InChI=1S/C54H48O24/c1-67-37-18-12-25(19-36(37)60)49(61)73-43-44(74-50(62)26-7-13-31(55)38(20-26)68-2)46(76-52(64)28-9-15-33(57)40(22-28)70-4)48(78-54(66)30-11-17-35(59)42(24-30)72-6)47(77-53(65)29-10-16-34(58)41(23-29)71-5)45(43)75-51(63)27-8-14-32(56)39(21-27)69-3/h7-24,43-48,55-60H,1-6H3/t43?,44-,45+,46+,47-,48?. The van der Waals surface area contributed by atoms with E-state index in [4.69, 9.17) is 56.8 Å². The normalized spacial score (nSPS) is 17.5. The van der Waals surface area contributed by atoms with Crippen LogP contribution in [-0.4, -0.2) is 146 Å². The number of aromatic hydroxyl groups is 6. The van der Waals surface area contributed by atoms with Gasteiger partial charge in [-0.15, -0.1) is 0 Å². The van der Waals surface area contributed by atoms with Crippen LogP contribution in [0.1, 0.15) is 62.1 Å². The fourth-order valence-corrected chi connectivity index (χ4v) is 7.92. The molecule has 6 aromatic rings. The zero-order valence-electron chi connectivity index (χ0n) is 41.9. The van der Waals surface area contributed by atoms with Gasteiger partial charge >= 0.3 is 35.8 Å². The van der Waals surface area contributed by atoms with E-state index in [0.717, 1.165) is 103 Å². The zero-order valence-corrected chi connectivity index (χ0v) is 41.9. The highest BCUT2D eigenvalue weighted by atomic mass is 16.7. The molecule has 6 atom stereocenters. The van der Waals surface area contributed by atoms with Crippen LogP contribution in [0.15, 0.2) is 109 Å². The molecular formula is C54H48O24. The Morgan fingerprint density at radius 3 is 0.615 bits per heavy atom. The number of carbonyl (C=O) groups excluding carboxylic acids is 6. The average molecular weight is 1080 g/mol. The number of hydrogen-bond acceptors (Lipinski definition) is 24. The van der Waals surface area contributed by atoms with Gasteiger partial charge in [0.2, 0.25) is 0 Å². The van der Waals surface area contributed by atoms with Crippen LogP contribution in [0.25, 0.3) is 0 Å². The predicted molar refractivity (Wildman–Crippen MR) is 263 cm³/mol. The van der Waals surface area contributed by atoms with Crippen molar-refractivity contribution < 1.29 is 116 Å². The lowest BCUT2D eigenvalue weighted by atomic mass is 9.83. The van der Waals surface area contributed by atoms with Gasteiger partial charge in [-0.3, -0.25) is 0 Å². The van der Waals surface area contributed by atoms with Crippen LogP contribution >= 0.6 is 0 Å². The molecule has 1 aliphatic carbocycles. The molecule has 6 N–H and O–H groups in total. The van der Waals surface area contributed by atoms with E-state index < -0.39 is 113 Å². The maximum Gasteiger partial charge on any atom is 0.338 e. The topological polar surface area (TPSA) is 335 Å². The molecular weight excluding hydrogens is 1030 g/mol. The molecule has 7 rings (SSSR count). The smallest absolute Gasteiger partial charge is 0.338 e. The van der Waals surface area contributed by atoms with Gasteiger partial charge in [0.15, 0.2) is 106 Å². The molecule has 0 amide bonds. The molecule has 1 saturated carbocycles. The first-order chi connectivity index (χ1) is 37.3. The molecule has 0 aromatic heterocycles. The van der Waals surface area contributed by atoms with Gasteiger partial charge in [0.1, 0.15) is 0 Å². The maximum atomic E-state index is 14.6. The summed E-state index contributed by atoms with van der Waals surface area (Å²) in [6.45, 7) is 0. The van der Waals surface area contributed by atoms with E-state index in [1.54, 1.807) is 0 Å². The summed E-state index contributed by atoms with van der Waals surface area (Å²) in [4.78, 5) is 87.7. The van der Waals surface area contributed by atoms with Gasteiger partial charge < -0.3 is 87.5 Å². The van der Waals surface area contributed by atoms with Crippen LogP contribution in [0.2, 0.25) is 0 Å². The Bertz CT molecular complexity index is 3110. The van der Waals surface area contributed by atoms with Crippen LogP contribution in [0.4, 0.5) is 0 Å². The summed E-state index contributed by atoms with van der Waals surface area (Å²) in [5.74, 6) is -12.2. The second-order valence-electron chi connectivity index (χ2n) is 16.5. The molecule has 78 heavy (non-hydrogen) atoms. The molecule has 0 heterocycles. The van der Waals surface area contributed by atoms with Crippen LogP contribution in [0, 0.1) is 0 Å². The summed E-state index contributed by atoms with van der Waals surface area (Å²) in [6, 6.07) is 19.1. The number of ether oxygens (including phenoxy) is 12. The molecule has 24 nitrogen and oxygen atoms in total. The third kappa shape index (κ3) is 12.0. The quantitative estimate of drug-likeness (QED) is 0.0448. The lowest BCUT2D eigenvalue weighted by Gasteiger charge is -2.47. The Balaban J connectivity index is 1.52. The molecule has 0 bridgehead atoms. The number of rotatable bonds is 18. The highest BCUT2D eigenvalue weighted by Gasteiger charge is 2.62. The molecule has 0 saturated heterocycles. The van der Waals surface area contributed by atoms with Crippen molar-refractivity contribution in [1.29, 1.82) is 0 Å². The second kappa shape index (κ2) is 24.0. The fourth-order valence-electron chi connectivity index (χ4n) is 7.92. The minimum atomic E-state index is -2.38. The number of carbonyl (C=O) groups is 6. The van der Waals surface area contributed by atoms with Crippen molar-refractivity contribution in [3.05, 3.63) is 143 Å². The average Bonchev–Trinajstić information content (AvgIpc) is 3.61. The van der Waals surface area contributed by atoms with Crippen molar-refractivity contribution in [1.82, 2.24) is 0 Å². The van der Waals surface area contributed by atoms with E-state index in [0.29, 0.717) is 0 Å². The summed E-state index contributed by atoms with van der Waals surface area (Å²) >= 11 is 0. The van der Waals surface area contributed by atoms with E-state index in [-0.39, 0.29) is 62.3 Å². The van der Waals surface area contributed by atoms with Gasteiger partial charge in [0.25, 0.3) is 0 Å². The number of phenolic OH excluding ortho intramolecular Hbond substituents is 6. The first kappa shape index (κ1) is 55.5. The third-order valence-corrected chi connectivity index (χ3v) is 11.9. The SMILES string of the molecule is COc1ccc(C(=O)OC2[C@@H](OC(=O)c3ccc(O)c(OC)c3)[C@H](OC(=O)c3ccc(O)c(OC)c3)C(OC(=O)c3ccc(O)c(OC)c3)[C@H](OC(=O)c3ccc(O)c(OC)c3)[C@H]2OC(=O)c2ccc(O)c(OC)c2)cc1O. The molecule has 1 aliphatic rings. The number of esters is 6. The third-order valence-electron chi connectivity index (χ3n) is 11.9. The number of hydrogen-bond donors (Lipinski definition) is 6. The highest BCUT2D eigenvalue weighted by Crippen LogP contribution is 2.40. The lowest BCUT2D eigenvalue weighted by molar-refractivity contribution is -0.223. The molecule has 1 fully saturated rings. The van der Waals surface area contributed by atoms with Crippen molar-refractivity contribution in [2.45, 2.75) is 36.6 Å². The van der Waals surface area contributed by atoms with Crippen LogP contribution in [0.3, 0.4) is 0 Å². The second-order valence-corrected chi connectivity index (χ2v) is 16.5. The Labute approximate surface area is 441 Å². The highest BCUT2D eigenvalue weighted by molar-refractivity contribution is 5.95. The molecule has 0 spiro atoms. The van der Waals surface area contributed by atoms with Crippen LogP contribution in [0.5, 0.6) is 69.0 Å². The van der Waals surface area contributed by atoms with Crippen molar-refractivity contribution in [3.63, 3.8) is 0 Å². The first-order valence-electron chi connectivity index (χ1n) is 22.8. The minimum Gasteiger partial charge on any atom is -0.504 e. The molecule has 0 radical (unpaired) electrons. The van der Waals surface area contributed by atoms with Gasteiger partial charge in [-0.25, -0.2) is 28.8 Å². The van der Waals surface area contributed by atoms with Gasteiger partial charge in [-0.1, -0.05) is 0 Å². The molecule has 2 unspecified atom stereocenters. The number of methoxy groups -OCH3 is 6. The van der Waals surface area contributed by atoms with Crippen molar-refractivity contribution in [2.24, 2.45) is 0 Å². The largest absolute Gasteiger partial charge is 0.504 e. The van der Waals surface area contributed by atoms with E-state index in [9.17, 15) is 59.4 Å².